The molecule has 1 aromatic heterocycles. The summed E-state index contributed by atoms with van der Waals surface area (Å²) in [6, 6.07) is 50.7. The number of allylic oxidation sites excluding steroid dienone is 9. The number of hydrogen-bond donors (Lipinski definition) is 0. The molecule has 1 fully saturated rings. The van der Waals surface area contributed by atoms with Gasteiger partial charge < -0.3 is 14.2 Å². The van der Waals surface area contributed by atoms with Crippen LogP contribution in [0.4, 0.5) is 11.4 Å². The number of nitrogens with zero attached hydrogens (tertiary/aromatic N) is 2. The summed E-state index contributed by atoms with van der Waals surface area (Å²) in [4.78, 5) is 5.13. The largest absolute Gasteiger partial charge is 0.456 e. The maximum Gasteiger partial charge on any atom is 0.136 e. The van der Waals surface area contributed by atoms with E-state index in [9.17, 15) is 0 Å². The Balaban J connectivity index is 0.997. The first-order valence-corrected chi connectivity index (χ1v) is 20.0. The van der Waals surface area contributed by atoms with Crippen molar-refractivity contribution >= 4 is 49.7 Å². The van der Waals surface area contributed by atoms with E-state index in [1.165, 1.54) is 72.5 Å². The molecule has 2 atom stereocenters. The molecular weight excluding hydrogens is 681 g/mol. The Hall–Kier alpha value is -6.58. The van der Waals surface area contributed by atoms with Crippen molar-refractivity contribution in [2.75, 3.05) is 9.80 Å². The van der Waals surface area contributed by atoms with Crippen LogP contribution in [0.15, 0.2) is 209 Å². The lowest BCUT2D eigenvalue weighted by molar-refractivity contribution is 0.505. The average Bonchev–Trinajstić information content (AvgIpc) is 3.77. The number of benzene rings is 6. The molecule has 11 rings (SSSR count). The third-order valence-electron chi connectivity index (χ3n) is 12.5. The van der Waals surface area contributed by atoms with Gasteiger partial charge in [-0.3, -0.25) is 0 Å². The minimum Gasteiger partial charge on any atom is -0.456 e. The Morgan fingerprint density at radius 2 is 1.45 bits per heavy atom. The second-order valence-corrected chi connectivity index (χ2v) is 15.8. The van der Waals surface area contributed by atoms with Gasteiger partial charge in [0.1, 0.15) is 11.2 Å². The number of hydrogen-bond acceptors (Lipinski definition) is 3. The van der Waals surface area contributed by atoms with Crippen molar-refractivity contribution in [1.29, 1.82) is 0 Å². The number of rotatable bonds is 6. The van der Waals surface area contributed by atoms with Crippen molar-refractivity contribution in [3.63, 3.8) is 0 Å². The van der Waals surface area contributed by atoms with E-state index in [1.54, 1.807) is 0 Å². The van der Waals surface area contributed by atoms with E-state index in [4.69, 9.17) is 4.42 Å². The lowest BCUT2D eigenvalue weighted by Crippen LogP contribution is -2.36. The quantitative estimate of drug-likeness (QED) is 0.170. The lowest BCUT2D eigenvalue weighted by atomic mass is 9.74. The summed E-state index contributed by atoms with van der Waals surface area (Å²) in [6.07, 6.45) is 20.6. The zero-order valence-corrected chi connectivity index (χ0v) is 31.5. The number of furan rings is 1. The molecule has 0 bridgehead atoms. The van der Waals surface area contributed by atoms with Crippen molar-refractivity contribution < 1.29 is 4.42 Å². The highest BCUT2D eigenvalue weighted by Crippen LogP contribution is 2.57. The fourth-order valence-electron chi connectivity index (χ4n) is 9.68. The summed E-state index contributed by atoms with van der Waals surface area (Å²) >= 11 is 0. The smallest absolute Gasteiger partial charge is 0.136 e. The molecular formula is C53H42N2O. The van der Waals surface area contributed by atoms with Gasteiger partial charge in [-0.2, -0.15) is 0 Å². The summed E-state index contributed by atoms with van der Waals surface area (Å²) in [5.41, 5.74) is 14.8. The van der Waals surface area contributed by atoms with Crippen LogP contribution in [0.3, 0.4) is 0 Å². The number of fused-ring (bicyclic) bond motifs is 8. The molecule has 3 aliphatic carbocycles. The zero-order chi connectivity index (χ0) is 37.2. The van der Waals surface area contributed by atoms with Crippen LogP contribution in [0, 0.1) is 5.41 Å². The Morgan fingerprint density at radius 3 is 2.27 bits per heavy atom. The molecule has 0 N–H and O–H groups in total. The lowest BCUT2D eigenvalue weighted by Gasteiger charge is -2.38. The first kappa shape index (κ1) is 32.8. The standard InChI is InChI=1S/C53H42N2O/c1-53-33-11-10-18-51(53)55(41-14-6-3-7-15-41)48-31-30-44(35-47(48)53)54(42-26-21-37(22-27-42)36-12-4-2-5-13-36)43-28-23-38(24-29-43)40-20-19-39-25-32-50-52(46(39)34-40)45-16-8-9-17-49(45)56-50/h2-21,23-26,28-29,31-32,34-35,44H,22,27,30,33H2,1H3. The van der Waals surface area contributed by atoms with E-state index in [-0.39, 0.29) is 11.5 Å². The predicted octanol–water partition coefficient (Wildman–Crippen LogP) is 13.9. The monoisotopic (exact) mass is 722 g/mol. The van der Waals surface area contributed by atoms with Gasteiger partial charge >= 0.3 is 0 Å². The van der Waals surface area contributed by atoms with Gasteiger partial charge in [-0.1, -0.05) is 127 Å². The molecule has 0 amide bonds. The van der Waals surface area contributed by atoms with Gasteiger partial charge in [0, 0.05) is 44.7 Å². The summed E-state index contributed by atoms with van der Waals surface area (Å²) in [5.74, 6) is 0. The molecule has 2 heterocycles. The Kier molecular flexibility index (Phi) is 7.63. The fourth-order valence-corrected chi connectivity index (χ4v) is 9.68. The Labute approximate surface area is 328 Å². The van der Waals surface area contributed by atoms with Gasteiger partial charge in [-0.05, 0) is 126 Å². The summed E-state index contributed by atoms with van der Waals surface area (Å²) < 4.78 is 6.25. The maximum absolute atomic E-state index is 6.25. The fraction of sp³-hybridized carbons (Fsp3) is 0.132. The first-order valence-electron chi connectivity index (χ1n) is 20.0. The molecule has 0 spiro atoms. The van der Waals surface area contributed by atoms with Crippen LogP contribution in [0.5, 0.6) is 0 Å². The van der Waals surface area contributed by atoms with E-state index in [0.29, 0.717) is 0 Å². The third-order valence-corrected chi connectivity index (χ3v) is 12.5. The molecule has 0 radical (unpaired) electrons. The van der Waals surface area contributed by atoms with Crippen LogP contribution in [0.2, 0.25) is 0 Å². The van der Waals surface area contributed by atoms with Gasteiger partial charge in [0.05, 0.1) is 6.04 Å². The molecule has 6 aromatic carbocycles. The van der Waals surface area contributed by atoms with Crippen molar-refractivity contribution in [3.8, 4) is 11.1 Å². The predicted molar refractivity (Wildman–Crippen MR) is 234 cm³/mol. The third kappa shape index (κ3) is 5.26. The first-order chi connectivity index (χ1) is 27.6. The Bertz CT molecular complexity index is 2870. The summed E-state index contributed by atoms with van der Waals surface area (Å²) in [6.45, 7) is 2.44. The van der Waals surface area contributed by atoms with Gasteiger partial charge in [0.2, 0.25) is 0 Å². The normalized spacial score (nSPS) is 20.3. The number of anilines is 2. The SMILES string of the molecule is CC12CC=CC=C1N(c1ccccc1)C1=CCC(N(C3=CC=C(c4ccccc4)CC3)c3ccc(-c4ccc5ccc6oc7ccccc7c6c5c4)cc3)C=C12. The molecule has 7 aromatic rings. The van der Waals surface area contributed by atoms with Crippen LogP contribution < -0.4 is 9.80 Å². The van der Waals surface area contributed by atoms with Crippen molar-refractivity contribution in [2.24, 2.45) is 5.41 Å². The van der Waals surface area contributed by atoms with Gasteiger partial charge in [-0.25, -0.2) is 0 Å². The minimum absolute atomic E-state index is 0.0895. The average molecular weight is 723 g/mol. The maximum atomic E-state index is 6.25. The second-order valence-electron chi connectivity index (χ2n) is 15.8. The van der Waals surface area contributed by atoms with Crippen LogP contribution in [0.1, 0.15) is 38.2 Å². The van der Waals surface area contributed by atoms with E-state index in [2.05, 4.69) is 193 Å². The molecule has 1 saturated heterocycles. The van der Waals surface area contributed by atoms with Crippen LogP contribution in [0.25, 0.3) is 49.4 Å². The van der Waals surface area contributed by atoms with Gasteiger partial charge in [0.15, 0.2) is 0 Å². The van der Waals surface area contributed by atoms with Crippen LogP contribution in [-0.4, -0.2) is 6.04 Å². The zero-order valence-electron chi connectivity index (χ0n) is 31.5. The Morgan fingerprint density at radius 1 is 0.679 bits per heavy atom. The summed E-state index contributed by atoms with van der Waals surface area (Å²) in [7, 11) is 0. The molecule has 0 saturated carbocycles. The van der Waals surface area contributed by atoms with Gasteiger partial charge in [-0.15, -0.1) is 0 Å². The molecule has 3 nitrogen and oxygen atoms in total. The molecule has 270 valence electrons. The van der Waals surface area contributed by atoms with Crippen LogP contribution >= 0.6 is 0 Å². The summed E-state index contributed by atoms with van der Waals surface area (Å²) in [5, 5.41) is 4.79. The second kappa shape index (κ2) is 13.0. The van der Waals surface area contributed by atoms with E-state index in [0.717, 1.165) is 42.2 Å². The molecule has 4 aliphatic rings. The van der Waals surface area contributed by atoms with Crippen molar-refractivity contribution in [2.45, 2.75) is 38.6 Å². The molecule has 56 heavy (non-hydrogen) atoms. The topological polar surface area (TPSA) is 19.6 Å². The highest BCUT2D eigenvalue weighted by atomic mass is 16.3. The highest BCUT2D eigenvalue weighted by molar-refractivity contribution is 6.19. The molecule has 1 aliphatic heterocycles. The van der Waals surface area contributed by atoms with E-state index < -0.39 is 0 Å². The highest BCUT2D eigenvalue weighted by Gasteiger charge is 2.48. The van der Waals surface area contributed by atoms with E-state index in [1.807, 2.05) is 6.07 Å². The van der Waals surface area contributed by atoms with Crippen LogP contribution in [-0.2, 0) is 0 Å². The molecule has 3 heteroatoms. The molecule has 2 unspecified atom stereocenters. The number of para-hydroxylation sites is 2. The van der Waals surface area contributed by atoms with Crippen molar-refractivity contribution in [3.05, 3.63) is 210 Å². The van der Waals surface area contributed by atoms with E-state index >= 15 is 0 Å². The minimum atomic E-state index is -0.0895. The van der Waals surface area contributed by atoms with Gasteiger partial charge in [0.25, 0.3) is 0 Å². The van der Waals surface area contributed by atoms with Crippen molar-refractivity contribution in [1.82, 2.24) is 0 Å².